The van der Waals surface area contributed by atoms with Gasteiger partial charge >= 0.3 is 6.09 Å². The van der Waals surface area contributed by atoms with Gasteiger partial charge in [0.2, 0.25) is 0 Å². The van der Waals surface area contributed by atoms with Gasteiger partial charge < -0.3 is 24.6 Å². The Kier molecular flexibility index (Phi) is 4.60. The Balaban J connectivity index is 1.62. The number of aliphatic hydroxyl groups is 1. The molecule has 132 valence electrons. The van der Waals surface area contributed by atoms with Crippen LogP contribution in [0.2, 0.25) is 0 Å². The standard InChI is InChI=1S/C17H29NO5/c1-16(2,3)23-15(20)18-12-5-4-11-9-17(21-6-7-22-17)14(10-19)13(11)8-12/h11-14,19H,4-10H2,1-3H3,(H,18,20)/t11-,12?,13+,14-/m0/s1. The molecule has 0 radical (unpaired) electrons. The largest absolute Gasteiger partial charge is 0.444 e. The fraction of sp³-hybridized carbons (Fsp3) is 0.941. The van der Waals surface area contributed by atoms with Crippen LogP contribution in [0, 0.1) is 17.8 Å². The van der Waals surface area contributed by atoms with Crippen molar-refractivity contribution < 1.29 is 24.1 Å². The Morgan fingerprint density at radius 3 is 2.61 bits per heavy atom. The number of fused-ring (bicyclic) bond motifs is 1. The zero-order chi connectivity index (χ0) is 16.7. The molecular formula is C17H29NO5. The van der Waals surface area contributed by atoms with E-state index in [-0.39, 0.29) is 24.7 Å². The summed E-state index contributed by atoms with van der Waals surface area (Å²) in [4.78, 5) is 12.0. The molecule has 6 heteroatoms. The highest BCUT2D eigenvalue weighted by Crippen LogP contribution is 2.54. The van der Waals surface area contributed by atoms with Crippen LogP contribution in [0.15, 0.2) is 0 Å². The van der Waals surface area contributed by atoms with Gasteiger partial charge in [-0.2, -0.15) is 0 Å². The third-order valence-electron chi connectivity index (χ3n) is 5.37. The van der Waals surface area contributed by atoms with E-state index in [9.17, 15) is 9.90 Å². The highest BCUT2D eigenvalue weighted by molar-refractivity contribution is 5.68. The number of carbonyl (C=O) groups excluding carboxylic acids is 1. The van der Waals surface area contributed by atoms with E-state index in [1.54, 1.807) is 0 Å². The molecule has 2 aliphatic carbocycles. The number of hydrogen-bond acceptors (Lipinski definition) is 5. The molecule has 1 unspecified atom stereocenters. The summed E-state index contributed by atoms with van der Waals surface area (Å²) in [5.41, 5.74) is -0.488. The molecule has 2 saturated carbocycles. The molecular weight excluding hydrogens is 298 g/mol. The molecule has 1 amide bonds. The van der Waals surface area contributed by atoms with E-state index in [1.807, 2.05) is 20.8 Å². The van der Waals surface area contributed by atoms with Crippen molar-refractivity contribution in [2.45, 2.75) is 63.9 Å². The number of amides is 1. The van der Waals surface area contributed by atoms with Gasteiger partial charge in [0.15, 0.2) is 5.79 Å². The smallest absolute Gasteiger partial charge is 0.407 e. The average Bonchev–Trinajstić information content (AvgIpc) is 3.01. The first-order valence-corrected chi connectivity index (χ1v) is 8.71. The van der Waals surface area contributed by atoms with Gasteiger partial charge in [0.05, 0.1) is 19.8 Å². The summed E-state index contributed by atoms with van der Waals surface area (Å²) in [6.07, 6.45) is 3.32. The number of rotatable bonds is 2. The molecule has 0 aromatic heterocycles. The van der Waals surface area contributed by atoms with Gasteiger partial charge in [-0.05, 0) is 51.9 Å². The molecule has 0 bridgehead atoms. The molecule has 3 fully saturated rings. The number of hydrogen-bond donors (Lipinski definition) is 2. The first-order chi connectivity index (χ1) is 10.8. The van der Waals surface area contributed by atoms with Crippen molar-refractivity contribution in [2.75, 3.05) is 19.8 Å². The molecule has 23 heavy (non-hydrogen) atoms. The van der Waals surface area contributed by atoms with Crippen molar-refractivity contribution in [1.82, 2.24) is 5.32 Å². The number of carbonyl (C=O) groups is 1. The van der Waals surface area contributed by atoms with Crippen molar-refractivity contribution in [1.29, 1.82) is 0 Å². The third kappa shape index (κ3) is 3.49. The molecule has 0 aromatic carbocycles. The van der Waals surface area contributed by atoms with Crippen molar-refractivity contribution >= 4 is 6.09 Å². The minimum absolute atomic E-state index is 0.00163. The molecule has 1 spiro atoms. The molecule has 3 aliphatic rings. The lowest BCUT2D eigenvalue weighted by Crippen LogP contribution is -2.44. The lowest BCUT2D eigenvalue weighted by Gasteiger charge is -2.35. The maximum Gasteiger partial charge on any atom is 0.407 e. The minimum atomic E-state index is -0.592. The Morgan fingerprint density at radius 2 is 2.00 bits per heavy atom. The summed E-state index contributed by atoms with van der Waals surface area (Å²) in [7, 11) is 0. The van der Waals surface area contributed by atoms with Crippen LogP contribution in [0.4, 0.5) is 4.79 Å². The predicted molar refractivity (Wildman–Crippen MR) is 83.8 cm³/mol. The van der Waals surface area contributed by atoms with Crippen LogP contribution in [0.3, 0.4) is 0 Å². The van der Waals surface area contributed by atoms with Gasteiger partial charge in [0, 0.05) is 18.4 Å². The van der Waals surface area contributed by atoms with Crippen LogP contribution in [0.5, 0.6) is 0 Å². The van der Waals surface area contributed by atoms with Crippen LogP contribution in [-0.2, 0) is 14.2 Å². The van der Waals surface area contributed by atoms with E-state index in [0.29, 0.717) is 25.0 Å². The van der Waals surface area contributed by atoms with Crippen molar-refractivity contribution in [2.24, 2.45) is 17.8 Å². The molecule has 1 heterocycles. The van der Waals surface area contributed by atoms with Gasteiger partial charge in [0.1, 0.15) is 5.60 Å². The van der Waals surface area contributed by atoms with Crippen molar-refractivity contribution in [3.05, 3.63) is 0 Å². The van der Waals surface area contributed by atoms with Crippen LogP contribution >= 0.6 is 0 Å². The Morgan fingerprint density at radius 1 is 1.30 bits per heavy atom. The summed E-state index contributed by atoms with van der Waals surface area (Å²) < 4.78 is 17.1. The van der Waals surface area contributed by atoms with E-state index >= 15 is 0 Å². The molecule has 1 aliphatic heterocycles. The monoisotopic (exact) mass is 327 g/mol. The maximum absolute atomic E-state index is 12.0. The molecule has 2 N–H and O–H groups in total. The predicted octanol–water partition coefficient (Wildman–Crippen LogP) is 2.05. The second-order valence-corrected chi connectivity index (χ2v) is 8.08. The summed E-state index contributed by atoms with van der Waals surface area (Å²) in [6, 6.07) is 0.0942. The summed E-state index contributed by atoms with van der Waals surface area (Å²) in [5.74, 6) is 0.234. The normalized spacial score (nSPS) is 36.0. The lowest BCUT2D eigenvalue weighted by atomic mass is 9.76. The summed E-state index contributed by atoms with van der Waals surface area (Å²) in [5, 5.41) is 12.9. The van der Waals surface area contributed by atoms with E-state index in [2.05, 4.69) is 5.32 Å². The zero-order valence-electron chi connectivity index (χ0n) is 14.3. The third-order valence-corrected chi connectivity index (χ3v) is 5.37. The van der Waals surface area contributed by atoms with Crippen LogP contribution < -0.4 is 5.32 Å². The van der Waals surface area contributed by atoms with Gasteiger partial charge in [0.25, 0.3) is 0 Å². The second kappa shape index (κ2) is 6.22. The first kappa shape index (κ1) is 17.0. The number of nitrogens with one attached hydrogen (secondary N) is 1. The average molecular weight is 327 g/mol. The van der Waals surface area contributed by atoms with Gasteiger partial charge in [-0.1, -0.05) is 0 Å². The van der Waals surface area contributed by atoms with E-state index < -0.39 is 11.4 Å². The Labute approximate surface area is 137 Å². The van der Waals surface area contributed by atoms with Crippen molar-refractivity contribution in [3.8, 4) is 0 Å². The minimum Gasteiger partial charge on any atom is -0.444 e. The maximum atomic E-state index is 12.0. The Bertz CT molecular complexity index is 441. The van der Waals surface area contributed by atoms with E-state index in [0.717, 1.165) is 25.7 Å². The first-order valence-electron chi connectivity index (χ1n) is 8.71. The number of aliphatic hydroxyl groups excluding tert-OH is 1. The number of ether oxygens (including phenoxy) is 3. The fourth-order valence-electron chi connectivity index (χ4n) is 4.54. The topological polar surface area (TPSA) is 77.0 Å². The SMILES string of the molecule is CC(C)(C)OC(=O)NC1CC[C@H]2CC3(OCCO3)[C@@H](CO)[C@@H]2C1. The summed E-state index contributed by atoms with van der Waals surface area (Å²) in [6.45, 7) is 6.87. The van der Waals surface area contributed by atoms with Gasteiger partial charge in [-0.15, -0.1) is 0 Å². The second-order valence-electron chi connectivity index (χ2n) is 8.08. The quantitative estimate of drug-likeness (QED) is 0.812. The molecule has 0 aromatic rings. The zero-order valence-corrected chi connectivity index (χ0v) is 14.3. The van der Waals surface area contributed by atoms with E-state index in [4.69, 9.17) is 14.2 Å². The van der Waals surface area contributed by atoms with Gasteiger partial charge in [-0.3, -0.25) is 0 Å². The molecule has 1 saturated heterocycles. The molecule has 4 atom stereocenters. The molecule has 6 nitrogen and oxygen atoms in total. The van der Waals surface area contributed by atoms with Crippen molar-refractivity contribution in [3.63, 3.8) is 0 Å². The molecule has 3 rings (SSSR count). The summed E-state index contributed by atoms with van der Waals surface area (Å²) >= 11 is 0. The van der Waals surface area contributed by atoms with Gasteiger partial charge in [-0.25, -0.2) is 4.79 Å². The lowest BCUT2D eigenvalue weighted by molar-refractivity contribution is -0.194. The fourth-order valence-corrected chi connectivity index (χ4v) is 4.54. The Hall–Kier alpha value is -0.850. The van der Waals surface area contributed by atoms with Crippen LogP contribution in [0.1, 0.15) is 46.5 Å². The van der Waals surface area contributed by atoms with Crippen LogP contribution in [-0.4, -0.2) is 48.5 Å². The van der Waals surface area contributed by atoms with Crippen LogP contribution in [0.25, 0.3) is 0 Å². The highest BCUT2D eigenvalue weighted by atomic mass is 16.7. The van der Waals surface area contributed by atoms with E-state index in [1.165, 1.54) is 0 Å². The highest BCUT2D eigenvalue weighted by Gasteiger charge is 2.58. The number of alkyl carbamates (subject to hydrolysis) is 1.